The van der Waals surface area contributed by atoms with Crippen LogP contribution >= 0.6 is 27.5 Å². The molecule has 0 atom stereocenters. The van der Waals surface area contributed by atoms with Gasteiger partial charge in [0, 0.05) is 11.1 Å². The number of carbonyl (C=O) groups is 1. The number of rotatable bonds is 1. The zero-order valence-electron chi connectivity index (χ0n) is 6.38. The fraction of sp³-hybridized carbons (Fsp3) is 0. The molecule has 0 bridgehead atoms. The van der Waals surface area contributed by atoms with Gasteiger partial charge in [-0.25, -0.2) is 0 Å². The van der Waals surface area contributed by atoms with E-state index in [4.69, 9.17) is 16.0 Å². The monoisotopic (exact) mass is 258 g/mol. The van der Waals surface area contributed by atoms with Gasteiger partial charge in [-0.1, -0.05) is 0 Å². The van der Waals surface area contributed by atoms with Crippen LogP contribution in [0.5, 0.6) is 0 Å². The molecule has 13 heavy (non-hydrogen) atoms. The molecule has 0 radical (unpaired) electrons. The summed E-state index contributed by atoms with van der Waals surface area (Å²) in [7, 11) is 0. The fourth-order valence-corrected chi connectivity index (χ4v) is 1.55. The molecule has 2 aliphatic rings. The smallest absolute Gasteiger partial charge is 0.252 e. The quantitative estimate of drug-likeness (QED) is 0.734. The number of halogens is 2. The summed E-state index contributed by atoms with van der Waals surface area (Å²) in [6, 6.07) is 6.94. The van der Waals surface area contributed by atoms with Gasteiger partial charge < -0.3 is 4.42 Å². The number of hydrogen-bond acceptors (Lipinski definition) is 2. The van der Waals surface area contributed by atoms with Crippen LogP contribution in [0.1, 0.15) is 10.4 Å². The van der Waals surface area contributed by atoms with Gasteiger partial charge >= 0.3 is 0 Å². The van der Waals surface area contributed by atoms with Crippen molar-refractivity contribution in [2.45, 2.75) is 0 Å². The van der Waals surface area contributed by atoms with Crippen LogP contribution in [0.2, 0.25) is 0 Å². The maximum atomic E-state index is 10.8. The molecule has 0 aromatic carbocycles. The second kappa shape index (κ2) is 3.16. The highest BCUT2D eigenvalue weighted by molar-refractivity contribution is 9.10. The highest BCUT2D eigenvalue weighted by atomic mass is 79.9. The van der Waals surface area contributed by atoms with Crippen molar-refractivity contribution in [1.82, 2.24) is 0 Å². The molecule has 2 rings (SSSR count). The highest BCUT2D eigenvalue weighted by Gasteiger charge is 2.12. The lowest BCUT2D eigenvalue weighted by atomic mass is 10.3. The van der Waals surface area contributed by atoms with Crippen LogP contribution in [0.3, 0.4) is 0 Å². The molecule has 0 fully saturated rings. The molecular weight excluding hydrogens is 255 g/mol. The molecule has 0 amide bonds. The molecule has 0 saturated carbocycles. The first-order chi connectivity index (χ1) is 6.16. The van der Waals surface area contributed by atoms with E-state index in [1.54, 1.807) is 18.2 Å². The van der Waals surface area contributed by atoms with E-state index in [-0.39, 0.29) is 0 Å². The predicted molar refractivity (Wildman–Crippen MR) is 53.2 cm³/mol. The molecule has 1 aliphatic carbocycles. The first-order valence-corrected chi connectivity index (χ1v) is 4.73. The average molecular weight is 259 g/mol. The fourth-order valence-electron chi connectivity index (χ4n) is 1.13. The van der Waals surface area contributed by atoms with Gasteiger partial charge in [-0.15, -0.1) is 0 Å². The Morgan fingerprint density at radius 2 is 2.15 bits per heavy atom. The van der Waals surface area contributed by atoms with Crippen molar-refractivity contribution in [2.75, 3.05) is 0 Å². The van der Waals surface area contributed by atoms with Gasteiger partial charge in [-0.05, 0) is 51.8 Å². The van der Waals surface area contributed by atoms with Gasteiger partial charge in [0.05, 0.1) is 0 Å². The lowest BCUT2D eigenvalue weighted by Crippen LogP contribution is -1.80. The second-order valence-electron chi connectivity index (χ2n) is 2.58. The van der Waals surface area contributed by atoms with Crippen molar-refractivity contribution in [1.29, 1.82) is 0 Å². The Hall–Kier alpha value is -0.800. The van der Waals surface area contributed by atoms with Crippen LogP contribution in [-0.2, 0) is 0 Å². The molecule has 0 unspecified atom stereocenters. The first kappa shape index (κ1) is 8.78. The molecule has 4 heteroatoms. The minimum atomic E-state index is -0.470. The van der Waals surface area contributed by atoms with E-state index in [0.717, 1.165) is 5.56 Å². The van der Waals surface area contributed by atoms with Gasteiger partial charge in [0.25, 0.3) is 5.24 Å². The molecule has 1 heterocycles. The summed E-state index contributed by atoms with van der Waals surface area (Å²) in [5.41, 5.74) is 1.32. The lowest BCUT2D eigenvalue weighted by Gasteiger charge is -1.96. The second-order valence-corrected chi connectivity index (χ2v) is 3.70. The van der Waals surface area contributed by atoms with Crippen molar-refractivity contribution >= 4 is 32.8 Å². The van der Waals surface area contributed by atoms with Crippen molar-refractivity contribution in [2.24, 2.45) is 0 Å². The van der Waals surface area contributed by atoms with Crippen molar-refractivity contribution in [3.8, 4) is 11.3 Å². The van der Waals surface area contributed by atoms with E-state index in [0.29, 0.717) is 16.0 Å². The Balaban J connectivity index is 2.63. The lowest BCUT2D eigenvalue weighted by molar-refractivity contribution is 0.108. The van der Waals surface area contributed by atoms with E-state index < -0.39 is 5.24 Å². The number of fused-ring (bicyclic) bond motifs is 1. The van der Waals surface area contributed by atoms with Crippen molar-refractivity contribution in [3.05, 3.63) is 34.5 Å². The molecule has 66 valence electrons. The first-order valence-electron chi connectivity index (χ1n) is 3.56. The SMILES string of the molecule is O=C(Cl)c1cc2ccc(Br)oc-2c1. The normalized spacial score (nSPS) is 10.6. The van der Waals surface area contributed by atoms with Crippen LogP contribution in [0, 0.1) is 0 Å². The van der Waals surface area contributed by atoms with Crippen molar-refractivity contribution < 1.29 is 9.21 Å². The average Bonchev–Trinajstić information content (AvgIpc) is 2.46. The topological polar surface area (TPSA) is 30.2 Å². The van der Waals surface area contributed by atoms with Crippen LogP contribution < -0.4 is 0 Å². The number of hydrogen-bond donors (Lipinski definition) is 0. The van der Waals surface area contributed by atoms with Crippen LogP contribution in [0.25, 0.3) is 11.3 Å². The van der Waals surface area contributed by atoms with Gasteiger partial charge in [0.15, 0.2) is 4.67 Å². The highest BCUT2D eigenvalue weighted by Crippen LogP contribution is 2.29. The van der Waals surface area contributed by atoms with Crippen LogP contribution in [-0.4, -0.2) is 5.24 Å². The molecule has 0 aromatic rings. The van der Waals surface area contributed by atoms with Gasteiger partial charge in [-0.2, -0.15) is 0 Å². The molecule has 0 saturated heterocycles. The minimum Gasteiger partial charge on any atom is -0.449 e. The molecule has 0 spiro atoms. The molecule has 2 nitrogen and oxygen atoms in total. The Kier molecular flexibility index (Phi) is 2.14. The zero-order chi connectivity index (χ0) is 9.42. The van der Waals surface area contributed by atoms with E-state index in [1.807, 2.05) is 6.07 Å². The van der Waals surface area contributed by atoms with E-state index in [9.17, 15) is 4.79 Å². The van der Waals surface area contributed by atoms with E-state index >= 15 is 0 Å². The van der Waals surface area contributed by atoms with Crippen LogP contribution in [0.15, 0.2) is 33.4 Å². The zero-order valence-corrected chi connectivity index (χ0v) is 8.72. The summed E-state index contributed by atoms with van der Waals surface area (Å²) in [4.78, 5) is 10.8. The molecule has 0 aromatic heterocycles. The molecule has 1 aliphatic heterocycles. The Bertz CT molecular complexity index is 435. The third-order valence-electron chi connectivity index (χ3n) is 1.71. The summed E-state index contributed by atoms with van der Waals surface area (Å²) in [6.07, 6.45) is 0. The summed E-state index contributed by atoms with van der Waals surface area (Å²) in [5.74, 6) is 0.651. The maximum Gasteiger partial charge on any atom is 0.252 e. The van der Waals surface area contributed by atoms with Gasteiger partial charge in [0.1, 0.15) is 5.76 Å². The standard InChI is InChI=1S/C9H4BrClO2/c10-8-2-1-5-3-6(9(11)12)4-7(5)13-8/h1-4H. The summed E-state index contributed by atoms with van der Waals surface area (Å²) in [5, 5.41) is -0.470. The Morgan fingerprint density at radius 1 is 1.38 bits per heavy atom. The van der Waals surface area contributed by atoms with Gasteiger partial charge in [-0.3, -0.25) is 4.79 Å². The largest absolute Gasteiger partial charge is 0.449 e. The Labute approximate surface area is 88.0 Å². The summed E-state index contributed by atoms with van der Waals surface area (Å²) >= 11 is 8.52. The van der Waals surface area contributed by atoms with Crippen molar-refractivity contribution in [3.63, 3.8) is 0 Å². The molecule has 0 N–H and O–H groups in total. The number of carbonyl (C=O) groups excluding carboxylic acids is 1. The maximum absolute atomic E-state index is 10.8. The Morgan fingerprint density at radius 3 is 2.85 bits per heavy atom. The predicted octanol–water partition coefficient (Wildman–Crippen LogP) is 3.53. The van der Waals surface area contributed by atoms with E-state index in [2.05, 4.69) is 15.9 Å². The summed E-state index contributed by atoms with van der Waals surface area (Å²) in [6.45, 7) is 0. The molecular formula is C9H4BrClO2. The third-order valence-corrected chi connectivity index (χ3v) is 2.35. The van der Waals surface area contributed by atoms with Crippen LogP contribution in [0.4, 0.5) is 0 Å². The van der Waals surface area contributed by atoms with E-state index in [1.165, 1.54) is 0 Å². The third kappa shape index (κ3) is 1.62. The minimum absolute atomic E-state index is 0.457. The summed E-state index contributed by atoms with van der Waals surface area (Å²) < 4.78 is 5.92. The van der Waals surface area contributed by atoms with Gasteiger partial charge in [0.2, 0.25) is 0 Å².